The molecule has 2 fully saturated rings. The Labute approximate surface area is 232 Å². The first kappa shape index (κ1) is 31.7. The van der Waals surface area contributed by atoms with Crippen molar-refractivity contribution in [1.29, 1.82) is 0 Å². The molecule has 2 amide bonds. The normalized spacial score (nSPS) is 20.1. The van der Waals surface area contributed by atoms with E-state index in [4.69, 9.17) is 5.73 Å². The van der Waals surface area contributed by atoms with Crippen molar-refractivity contribution in [1.82, 2.24) is 9.80 Å². The number of halogens is 8. The van der Waals surface area contributed by atoms with Crippen LogP contribution in [0.3, 0.4) is 0 Å². The van der Waals surface area contributed by atoms with E-state index in [9.17, 15) is 40.3 Å². The van der Waals surface area contributed by atoms with E-state index in [2.05, 4.69) is 0 Å². The topological polar surface area (TPSA) is 66.6 Å². The highest BCUT2D eigenvalue weighted by Crippen LogP contribution is 2.40. The summed E-state index contributed by atoms with van der Waals surface area (Å²) in [4.78, 5) is 28.6. The quantitative estimate of drug-likeness (QED) is 0.419. The second-order valence-corrected chi connectivity index (χ2v) is 10.3. The van der Waals surface area contributed by atoms with Crippen LogP contribution in [0.2, 0.25) is 0 Å². The molecule has 1 saturated heterocycles. The number of carbonyl (C=O) groups is 2. The molecule has 2 aliphatic rings. The molecule has 220 valence electrons. The molecule has 5 nitrogen and oxygen atoms in total. The minimum absolute atomic E-state index is 0. The zero-order valence-corrected chi connectivity index (χ0v) is 22.3. The zero-order chi connectivity index (χ0) is 28.7. The molecule has 1 aliphatic carbocycles. The van der Waals surface area contributed by atoms with Crippen molar-refractivity contribution in [2.45, 2.75) is 57.0 Å². The lowest BCUT2D eigenvalue weighted by atomic mass is 9.78. The standard InChI is InChI=1S/C27H28F7N3O2.ClH/c1-15-8-19(28)2-5-21(15)23-13-36(14-24(35)38)7-6-22(23)25(39)37(20-3-4-20)12-16-9-17(26(29,30)31)11-18(10-16)27(32,33)34;/h2,5,8-11,20,22-23H,3-4,6-7,12-14H2,1H3,(H2,35,38);1H/t22-,23+;/m1./s1. The van der Waals surface area contributed by atoms with Gasteiger partial charge in [-0.2, -0.15) is 26.3 Å². The third kappa shape index (κ3) is 7.45. The van der Waals surface area contributed by atoms with Gasteiger partial charge >= 0.3 is 12.4 Å². The Hall–Kier alpha value is -2.86. The number of nitrogens with zero attached hydrogens (tertiary/aromatic N) is 2. The fourth-order valence-electron chi connectivity index (χ4n) is 5.34. The van der Waals surface area contributed by atoms with Gasteiger partial charge in [-0.05, 0) is 79.8 Å². The van der Waals surface area contributed by atoms with Crippen LogP contribution in [0.4, 0.5) is 30.7 Å². The Morgan fingerprint density at radius 3 is 2.08 bits per heavy atom. The Morgan fingerprint density at radius 2 is 1.57 bits per heavy atom. The second-order valence-electron chi connectivity index (χ2n) is 10.3. The highest BCUT2D eigenvalue weighted by atomic mass is 35.5. The summed E-state index contributed by atoms with van der Waals surface area (Å²) in [6, 6.07) is 5.20. The number of hydrogen-bond donors (Lipinski definition) is 1. The summed E-state index contributed by atoms with van der Waals surface area (Å²) in [7, 11) is 0. The van der Waals surface area contributed by atoms with Gasteiger partial charge in [0.15, 0.2) is 0 Å². The minimum atomic E-state index is -5.00. The molecule has 0 aromatic heterocycles. The molecule has 40 heavy (non-hydrogen) atoms. The molecule has 0 spiro atoms. The number of primary amides is 1. The SMILES string of the molecule is Cc1cc(F)ccc1[C@@H]1CN(CC(N)=O)CC[C@H]1C(=O)N(Cc1cc(C(F)(F)F)cc(C(F)(F)F)c1)C1CC1.Cl. The van der Waals surface area contributed by atoms with E-state index >= 15 is 0 Å². The van der Waals surface area contributed by atoms with Crippen molar-refractivity contribution >= 4 is 24.2 Å². The van der Waals surface area contributed by atoms with E-state index in [-0.39, 0.29) is 49.6 Å². The number of carbonyl (C=O) groups excluding carboxylic acids is 2. The largest absolute Gasteiger partial charge is 0.416 e. The van der Waals surface area contributed by atoms with Crippen molar-refractivity contribution in [3.63, 3.8) is 0 Å². The number of alkyl halides is 6. The highest BCUT2D eigenvalue weighted by molar-refractivity contribution is 5.85. The number of likely N-dealkylation sites (tertiary alicyclic amines) is 1. The molecule has 13 heteroatoms. The van der Waals surface area contributed by atoms with Gasteiger partial charge in [-0.1, -0.05) is 6.07 Å². The first-order valence-electron chi connectivity index (χ1n) is 12.5. The third-order valence-electron chi connectivity index (χ3n) is 7.30. The molecule has 2 aromatic rings. The van der Waals surface area contributed by atoms with E-state index in [1.54, 1.807) is 17.9 Å². The van der Waals surface area contributed by atoms with Crippen molar-refractivity contribution < 1.29 is 40.3 Å². The maximum atomic E-state index is 13.9. The average Bonchev–Trinajstić information content (AvgIpc) is 3.66. The van der Waals surface area contributed by atoms with Gasteiger partial charge in [-0.15, -0.1) is 12.4 Å². The molecule has 2 N–H and O–H groups in total. The smallest absolute Gasteiger partial charge is 0.369 e. The molecular weight excluding hydrogens is 567 g/mol. The van der Waals surface area contributed by atoms with Crippen LogP contribution in [0.25, 0.3) is 0 Å². The summed E-state index contributed by atoms with van der Waals surface area (Å²) in [5.41, 5.74) is 3.48. The van der Waals surface area contributed by atoms with E-state index in [1.807, 2.05) is 0 Å². The molecule has 1 heterocycles. The number of piperidine rings is 1. The van der Waals surface area contributed by atoms with Gasteiger partial charge in [0.2, 0.25) is 11.8 Å². The number of rotatable bonds is 7. The van der Waals surface area contributed by atoms with Crippen LogP contribution in [0, 0.1) is 18.7 Å². The summed E-state index contributed by atoms with van der Waals surface area (Å²) in [6.07, 6.45) is -8.55. The van der Waals surface area contributed by atoms with Gasteiger partial charge in [0.05, 0.1) is 17.7 Å². The van der Waals surface area contributed by atoms with Crippen LogP contribution in [-0.4, -0.2) is 47.3 Å². The summed E-state index contributed by atoms with van der Waals surface area (Å²) in [5, 5.41) is 0. The van der Waals surface area contributed by atoms with Crippen molar-refractivity contribution in [3.05, 3.63) is 70.0 Å². The van der Waals surface area contributed by atoms with E-state index in [0.29, 0.717) is 42.6 Å². The Morgan fingerprint density at radius 1 is 0.975 bits per heavy atom. The molecule has 0 bridgehead atoms. The zero-order valence-electron chi connectivity index (χ0n) is 21.5. The highest BCUT2D eigenvalue weighted by Gasteiger charge is 2.43. The van der Waals surface area contributed by atoms with Gasteiger partial charge < -0.3 is 10.6 Å². The lowest BCUT2D eigenvalue weighted by Crippen LogP contribution is -2.49. The fourth-order valence-corrected chi connectivity index (χ4v) is 5.34. The molecule has 4 rings (SSSR count). The lowest BCUT2D eigenvalue weighted by molar-refractivity contribution is -0.143. The Bertz CT molecular complexity index is 1220. The molecule has 0 radical (unpaired) electrons. The molecule has 1 aliphatic heterocycles. The van der Waals surface area contributed by atoms with E-state index < -0.39 is 59.5 Å². The molecule has 0 unspecified atom stereocenters. The summed E-state index contributed by atoms with van der Waals surface area (Å²) < 4.78 is 94.3. The van der Waals surface area contributed by atoms with Crippen LogP contribution in [-0.2, 0) is 28.5 Å². The predicted molar refractivity (Wildman–Crippen MR) is 135 cm³/mol. The number of nitrogens with two attached hydrogens (primary N) is 1. The first-order valence-corrected chi connectivity index (χ1v) is 12.5. The van der Waals surface area contributed by atoms with Crippen LogP contribution in [0.15, 0.2) is 36.4 Å². The van der Waals surface area contributed by atoms with Gasteiger partial charge in [0, 0.05) is 31.0 Å². The minimum Gasteiger partial charge on any atom is -0.369 e. The maximum absolute atomic E-state index is 13.9. The number of amides is 2. The van der Waals surface area contributed by atoms with Crippen molar-refractivity contribution in [2.24, 2.45) is 11.7 Å². The monoisotopic (exact) mass is 595 g/mol. The van der Waals surface area contributed by atoms with Gasteiger partial charge in [0.1, 0.15) is 5.82 Å². The van der Waals surface area contributed by atoms with Crippen LogP contribution >= 0.6 is 12.4 Å². The number of hydrogen-bond acceptors (Lipinski definition) is 3. The number of aryl methyl sites for hydroxylation is 1. The third-order valence-corrected chi connectivity index (χ3v) is 7.30. The van der Waals surface area contributed by atoms with Gasteiger partial charge in [0.25, 0.3) is 0 Å². The Kier molecular flexibility index (Phi) is 9.45. The van der Waals surface area contributed by atoms with Crippen LogP contribution < -0.4 is 5.73 Å². The summed E-state index contributed by atoms with van der Waals surface area (Å²) in [5.74, 6) is -2.57. The molecule has 1 saturated carbocycles. The van der Waals surface area contributed by atoms with Crippen molar-refractivity contribution in [2.75, 3.05) is 19.6 Å². The Balaban J connectivity index is 0.00000441. The van der Waals surface area contributed by atoms with Crippen LogP contribution in [0.1, 0.15) is 53.0 Å². The number of benzene rings is 2. The van der Waals surface area contributed by atoms with Crippen LogP contribution in [0.5, 0.6) is 0 Å². The predicted octanol–water partition coefficient (Wildman–Crippen LogP) is 5.68. The first-order chi connectivity index (χ1) is 18.1. The molecule has 2 aromatic carbocycles. The fraction of sp³-hybridized carbons (Fsp3) is 0.481. The van der Waals surface area contributed by atoms with Crippen molar-refractivity contribution in [3.8, 4) is 0 Å². The molecular formula is C27H29ClF7N3O2. The second kappa shape index (κ2) is 11.9. The van der Waals surface area contributed by atoms with E-state index in [1.165, 1.54) is 17.0 Å². The van der Waals surface area contributed by atoms with Gasteiger partial charge in [-0.3, -0.25) is 14.5 Å². The summed E-state index contributed by atoms with van der Waals surface area (Å²) >= 11 is 0. The maximum Gasteiger partial charge on any atom is 0.416 e. The van der Waals surface area contributed by atoms with E-state index in [0.717, 1.165) is 0 Å². The average molecular weight is 596 g/mol. The summed E-state index contributed by atoms with van der Waals surface area (Å²) in [6.45, 7) is 1.83. The molecule has 2 atom stereocenters. The van der Waals surface area contributed by atoms with Gasteiger partial charge in [-0.25, -0.2) is 4.39 Å². The lowest BCUT2D eigenvalue weighted by Gasteiger charge is -2.40.